The number of likely N-dealkylation sites (N-methyl/N-ethyl adjacent to an activating group) is 1. The fourth-order valence-corrected chi connectivity index (χ4v) is 5.46. The molecule has 0 aromatic heterocycles. The van der Waals surface area contributed by atoms with E-state index in [0.29, 0.717) is 12.8 Å². The van der Waals surface area contributed by atoms with E-state index in [1.165, 1.54) is 0 Å². The van der Waals surface area contributed by atoms with Crippen molar-refractivity contribution in [2.24, 2.45) is 0 Å². The quantitative estimate of drug-likeness (QED) is 0.0270. The van der Waals surface area contributed by atoms with Crippen LogP contribution < -0.4 is 5.11 Å². The van der Waals surface area contributed by atoms with Crippen molar-refractivity contribution in [2.45, 2.75) is 148 Å². The predicted molar refractivity (Wildman–Crippen MR) is 231 cm³/mol. The third-order valence-electron chi connectivity index (χ3n) is 8.72. The van der Waals surface area contributed by atoms with E-state index in [1.807, 2.05) is 0 Å². The minimum absolute atomic E-state index is 0.0101. The maximum atomic E-state index is 12.7. The number of carbonyl (C=O) groups excluding carboxylic acids is 3. The maximum absolute atomic E-state index is 12.7. The number of aliphatic carboxylic acids is 1. The van der Waals surface area contributed by atoms with Crippen LogP contribution in [-0.2, 0) is 28.6 Å². The zero-order valence-corrected chi connectivity index (χ0v) is 35.8. The van der Waals surface area contributed by atoms with E-state index in [9.17, 15) is 19.5 Å². The van der Waals surface area contributed by atoms with Crippen LogP contribution in [0.2, 0.25) is 0 Å². The van der Waals surface area contributed by atoms with Gasteiger partial charge in [0.05, 0.1) is 40.3 Å². The van der Waals surface area contributed by atoms with Crippen LogP contribution in [0.15, 0.2) is 97.2 Å². The van der Waals surface area contributed by atoms with Crippen LogP contribution in [0.1, 0.15) is 136 Å². The van der Waals surface area contributed by atoms with Crippen molar-refractivity contribution in [1.29, 1.82) is 0 Å². The highest BCUT2D eigenvalue weighted by Gasteiger charge is 2.25. The lowest BCUT2D eigenvalue weighted by Gasteiger charge is -2.34. The van der Waals surface area contributed by atoms with E-state index in [4.69, 9.17) is 14.2 Å². The van der Waals surface area contributed by atoms with Crippen molar-refractivity contribution in [2.75, 3.05) is 41.0 Å². The number of nitrogens with zero attached hydrogens (tertiary/aromatic N) is 1. The van der Waals surface area contributed by atoms with E-state index in [-0.39, 0.29) is 49.1 Å². The molecule has 0 spiro atoms. The van der Waals surface area contributed by atoms with Gasteiger partial charge in [-0.1, -0.05) is 124 Å². The fraction of sp³-hybridized carbons (Fsp3) is 0.604. The molecule has 0 saturated heterocycles. The second kappa shape index (κ2) is 38.1. The first kappa shape index (κ1) is 52.2. The average molecular weight is 780 g/mol. The molecule has 0 heterocycles. The number of hydrogen-bond donors (Lipinski definition) is 0. The van der Waals surface area contributed by atoms with Crippen LogP contribution in [0.5, 0.6) is 0 Å². The van der Waals surface area contributed by atoms with Crippen LogP contribution in [0.25, 0.3) is 0 Å². The number of carbonyl (C=O) groups is 3. The van der Waals surface area contributed by atoms with Crippen molar-refractivity contribution >= 4 is 17.9 Å². The largest absolute Gasteiger partial charge is 0.544 e. The smallest absolute Gasteiger partial charge is 0.306 e. The van der Waals surface area contributed by atoms with Gasteiger partial charge < -0.3 is 28.6 Å². The number of esters is 2. The molecule has 0 rings (SSSR count). The van der Waals surface area contributed by atoms with Crippen LogP contribution in [0, 0.1) is 0 Å². The van der Waals surface area contributed by atoms with Gasteiger partial charge in [-0.15, -0.1) is 0 Å². The summed E-state index contributed by atoms with van der Waals surface area (Å²) in [6.45, 7) is 4.33. The second-order valence-electron chi connectivity index (χ2n) is 14.8. The van der Waals surface area contributed by atoms with Crippen molar-refractivity contribution in [3.05, 3.63) is 97.2 Å². The third kappa shape index (κ3) is 35.9. The first-order valence-corrected chi connectivity index (χ1v) is 21.3. The Morgan fingerprint density at radius 1 is 0.536 bits per heavy atom. The molecule has 0 aliphatic carbocycles. The van der Waals surface area contributed by atoms with E-state index in [0.717, 1.165) is 96.3 Å². The van der Waals surface area contributed by atoms with Gasteiger partial charge in [-0.25, -0.2) is 0 Å². The van der Waals surface area contributed by atoms with E-state index >= 15 is 0 Å². The van der Waals surface area contributed by atoms with Crippen LogP contribution in [0.4, 0.5) is 0 Å². The fourth-order valence-electron chi connectivity index (χ4n) is 5.46. The van der Waals surface area contributed by atoms with Crippen molar-refractivity contribution in [1.82, 2.24) is 0 Å². The molecule has 0 amide bonds. The highest BCUT2D eigenvalue weighted by atomic mass is 16.6. The molecule has 0 radical (unpaired) electrons. The van der Waals surface area contributed by atoms with Crippen LogP contribution in [-0.4, -0.2) is 75.5 Å². The number of quaternary nitrogens is 1. The molecular weight excluding hydrogens is 703 g/mol. The minimum atomic E-state index is -1.14. The molecule has 8 heteroatoms. The molecule has 2 atom stereocenters. The Morgan fingerprint density at radius 3 is 1.41 bits per heavy atom. The minimum Gasteiger partial charge on any atom is -0.544 e. The van der Waals surface area contributed by atoms with Gasteiger partial charge in [-0.05, 0) is 89.9 Å². The standard InChI is InChI=1S/C48H77NO7/c1-6-8-10-12-14-16-18-20-21-22-23-24-25-26-27-29-30-32-34-36-38-46(50)55-43-44(42-54-41-40-45(48(52)53)49(3,4)5)56-47(51)39-37-35-33-31-28-19-17-15-13-11-9-7-2/h8-11,14-17,20-21,23-24,26-28,31,44-45H,6-7,12-13,18-19,22,25,29-30,32-43H2,1-5H3/b10-8+,11-9+,16-14+,17-15+,21-20+,24-23+,27-26+,31-28+. The van der Waals surface area contributed by atoms with Crippen LogP contribution >= 0.6 is 0 Å². The Bertz CT molecular complexity index is 1230. The first-order valence-electron chi connectivity index (χ1n) is 21.3. The summed E-state index contributed by atoms with van der Waals surface area (Å²) in [5.41, 5.74) is 0. The molecule has 0 bridgehead atoms. The number of unbranched alkanes of at least 4 members (excludes halogenated alkanes) is 6. The van der Waals surface area contributed by atoms with Crippen LogP contribution in [0.3, 0.4) is 0 Å². The number of hydrogen-bond acceptors (Lipinski definition) is 7. The van der Waals surface area contributed by atoms with E-state index in [2.05, 4.69) is 111 Å². The summed E-state index contributed by atoms with van der Waals surface area (Å²) < 4.78 is 17.1. The number of carboxylic acids is 1. The zero-order chi connectivity index (χ0) is 41.4. The molecule has 0 aliphatic rings. The Hall–Kier alpha value is -3.75. The highest BCUT2D eigenvalue weighted by molar-refractivity contribution is 5.70. The van der Waals surface area contributed by atoms with E-state index in [1.54, 1.807) is 21.1 Å². The molecule has 0 aromatic rings. The Labute approximate surface area is 341 Å². The number of ether oxygens (including phenoxy) is 3. The van der Waals surface area contributed by atoms with Crippen molar-refractivity contribution < 1.29 is 38.2 Å². The Morgan fingerprint density at radius 2 is 0.946 bits per heavy atom. The second-order valence-corrected chi connectivity index (χ2v) is 14.8. The number of allylic oxidation sites excluding steroid dienone is 16. The summed E-state index contributed by atoms with van der Waals surface area (Å²) in [6, 6.07) is -0.742. The monoisotopic (exact) mass is 780 g/mol. The lowest BCUT2D eigenvalue weighted by Crippen LogP contribution is -2.55. The molecule has 0 aromatic carbocycles. The molecular formula is C48H77NO7. The number of rotatable bonds is 36. The van der Waals surface area contributed by atoms with Gasteiger partial charge >= 0.3 is 11.9 Å². The summed E-state index contributed by atoms with van der Waals surface area (Å²) in [5, 5.41) is 11.6. The molecule has 56 heavy (non-hydrogen) atoms. The summed E-state index contributed by atoms with van der Waals surface area (Å²) in [6.07, 6.45) is 50.1. The van der Waals surface area contributed by atoms with Gasteiger partial charge in [0.2, 0.25) is 0 Å². The highest BCUT2D eigenvalue weighted by Crippen LogP contribution is 2.11. The molecule has 2 unspecified atom stereocenters. The zero-order valence-electron chi connectivity index (χ0n) is 35.8. The van der Waals surface area contributed by atoms with Crippen molar-refractivity contribution in [3.8, 4) is 0 Å². The summed E-state index contributed by atoms with van der Waals surface area (Å²) >= 11 is 0. The van der Waals surface area contributed by atoms with Gasteiger partial charge in [0.25, 0.3) is 0 Å². The summed E-state index contributed by atoms with van der Waals surface area (Å²) in [4.78, 5) is 36.8. The maximum Gasteiger partial charge on any atom is 0.306 e. The van der Waals surface area contributed by atoms with Gasteiger partial charge in [0, 0.05) is 19.3 Å². The average Bonchev–Trinajstić information content (AvgIpc) is 3.15. The molecule has 0 N–H and O–H groups in total. The molecule has 0 aliphatic heterocycles. The van der Waals surface area contributed by atoms with Gasteiger partial charge in [-0.3, -0.25) is 9.59 Å². The molecule has 0 saturated carbocycles. The normalized spacial score (nSPS) is 13.9. The molecule has 316 valence electrons. The Balaban J connectivity index is 4.44. The first-order chi connectivity index (χ1) is 27.1. The predicted octanol–water partition coefficient (Wildman–Crippen LogP) is 10.2. The lowest BCUT2D eigenvalue weighted by atomic mass is 10.1. The van der Waals surface area contributed by atoms with Gasteiger partial charge in [0.15, 0.2) is 6.10 Å². The van der Waals surface area contributed by atoms with Gasteiger partial charge in [-0.2, -0.15) is 0 Å². The number of carboxylic acid groups (broad SMARTS) is 1. The SMILES string of the molecule is CC/C=C/C/C=C/C/C=C/C/C=C/C/C=C/CCCCCCC(=O)OCC(COCCC(C(=O)[O-])[N+](C)(C)C)OC(=O)CCCC/C=C/C/C=C/C/C=C/CC. The Kier molecular flexibility index (Phi) is 35.6. The lowest BCUT2D eigenvalue weighted by molar-refractivity contribution is -0.889. The van der Waals surface area contributed by atoms with Gasteiger partial charge in [0.1, 0.15) is 12.6 Å². The molecule has 8 nitrogen and oxygen atoms in total. The third-order valence-corrected chi connectivity index (χ3v) is 8.72. The van der Waals surface area contributed by atoms with Crippen molar-refractivity contribution in [3.63, 3.8) is 0 Å². The summed E-state index contributed by atoms with van der Waals surface area (Å²) in [7, 11) is 5.37. The topological polar surface area (TPSA) is 102 Å². The summed E-state index contributed by atoms with van der Waals surface area (Å²) in [5.74, 6) is -1.84. The van der Waals surface area contributed by atoms with E-state index < -0.39 is 18.1 Å². The molecule has 0 fully saturated rings.